The van der Waals surface area contributed by atoms with Crippen LogP contribution in [0.25, 0.3) is 0 Å². The Balaban J connectivity index is 2.51. The lowest BCUT2D eigenvalue weighted by Gasteiger charge is -2.19. The molecular formula is C11H15Cl2NO. The van der Waals surface area contributed by atoms with Crippen molar-refractivity contribution in [1.82, 2.24) is 5.48 Å². The fraction of sp³-hybridized carbons (Fsp3) is 0.455. The number of benzene rings is 1. The lowest BCUT2D eigenvalue weighted by Crippen LogP contribution is -2.28. The molecule has 0 aromatic heterocycles. The molecule has 0 amide bonds. The maximum atomic E-state index is 5.87. The van der Waals surface area contributed by atoms with Crippen LogP contribution in [0.15, 0.2) is 18.2 Å². The lowest BCUT2D eigenvalue weighted by atomic mass is 10.2. The average Bonchev–Trinajstić information content (AvgIpc) is 1.99. The van der Waals surface area contributed by atoms with Crippen molar-refractivity contribution in [3.05, 3.63) is 33.8 Å². The largest absolute Gasteiger partial charge is 0.296 e. The molecule has 0 saturated carbocycles. The molecule has 2 nitrogen and oxygen atoms in total. The third-order valence-electron chi connectivity index (χ3n) is 1.58. The van der Waals surface area contributed by atoms with Crippen LogP contribution in [0.5, 0.6) is 0 Å². The highest BCUT2D eigenvalue weighted by molar-refractivity contribution is 6.34. The summed E-state index contributed by atoms with van der Waals surface area (Å²) in [6.07, 6.45) is 0. The molecule has 0 radical (unpaired) electrons. The van der Waals surface area contributed by atoms with Crippen molar-refractivity contribution in [2.45, 2.75) is 32.9 Å². The molecule has 0 saturated heterocycles. The maximum Gasteiger partial charge on any atom is 0.0813 e. The van der Waals surface area contributed by atoms with Crippen LogP contribution in [-0.2, 0) is 11.4 Å². The summed E-state index contributed by atoms with van der Waals surface area (Å²) in [6, 6.07) is 5.41. The van der Waals surface area contributed by atoms with Crippen molar-refractivity contribution in [3.63, 3.8) is 0 Å². The van der Waals surface area contributed by atoms with E-state index in [0.717, 1.165) is 5.56 Å². The summed E-state index contributed by atoms with van der Waals surface area (Å²) in [4.78, 5) is 5.38. The summed E-state index contributed by atoms with van der Waals surface area (Å²) in [5.74, 6) is 0. The van der Waals surface area contributed by atoms with Gasteiger partial charge in [0.1, 0.15) is 0 Å². The Labute approximate surface area is 100 Å². The molecule has 4 heteroatoms. The highest BCUT2D eigenvalue weighted by atomic mass is 35.5. The summed E-state index contributed by atoms with van der Waals surface area (Å²) in [6.45, 7) is 6.51. The Morgan fingerprint density at radius 1 is 1.13 bits per heavy atom. The number of hydrogen-bond donors (Lipinski definition) is 1. The molecule has 84 valence electrons. The van der Waals surface area contributed by atoms with Crippen molar-refractivity contribution in [2.24, 2.45) is 0 Å². The summed E-state index contributed by atoms with van der Waals surface area (Å²) in [5, 5.41) is 1.27. The molecule has 1 aromatic rings. The van der Waals surface area contributed by atoms with Gasteiger partial charge in [-0.05, 0) is 44.5 Å². The molecule has 0 heterocycles. The predicted molar refractivity (Wildman–Crippen MR) is 64.1 cm³/mol. The van der Waals surface area contributed by atoms with Crippen molar-refractivity contribution in [3.8, 4) is 0 Å². The zero-order chi connectivity index (χ0) is 11.5. The molecule has 1 aromatic carbocycles. The third-order valence-corrected chi connectivity index (χ3v) is 2.01. The Kier molecular flexibility index (Phi) is 4.41. The van der Waals surface area contributed by atoms with Crippen molar-refractivity contribution in [1.29, 1.82) is 0 Å². The third kappa shape index (κ3) is 5.38. The second kappa shape index (κ2) is 5.17. The minimum Gasteiger partial charge on any atom is -0.296 e. The van der Waals surface area contributed by atoms with E-state index >= 15 is 0 Å². The van der Waals surface area contributed by atoms with Gasteiger partial charge >= 0.3 is 0 Å². The van der Waals surface area contributed by atoms with Crippen molar-refractivity contribution in [2.75, 3.05) is 0 Å². The topological polar surface area (TPSA) is 21.3 Å². The van der Waals surface area contributed by atoms with Gasteiger partial charge in [0.05, 0.1) is 5.60 Å². The second-order valence-corrected chi connectivity index (χ2v) is 5.19. The van der Waals surface area contributed by atoms with Gasteiger partial charge in [-0.25, -0.2) is 0 Å². The fourth-order valence-corrected chi connectivity index (χ4v) is 1.62. The number of hydroxylamine groups is 1. The van der Waals surface area contributed by atoms with E-state index < -0.39 is 0 Å². The minimum atomic E-state index is -0.206. The Morgan fingerprint density at radius 2 is 1.67 bits per heavy atom. The van der Waals surface area contributed by atoms with Crippen LogP contribution >= 0.6 is 23.2 Å². The summed E-state index contributed by atoms with van der Waals surface area (Å²) in [7, 11) is 0. The SMILES string of the molecule is CC(C)(C)ONCc1cc(Cl)cc(Cl)c1. The minimum absolute atomic E-state index is 0.206. The van der Waals surface area contributed by atoms with E-state index in [9.17, 15) is 0 Å². The normalized spacial score (nSPS) is 11.8. The highest BCUT2D eigenvalue weighted by Gasteiger charge is 2.09. The first-order valence-corrected chi connectivity index (χ1v) is 5.48. The van der Waals surface area contributed by atoms with Gasteiger partial charge in [0.25, 0.3) is 0 Å². The first-order chi connectivity index (χ1) is 6.87. The summed E-state index contributed by atoms with van der Waals surface area (Å²) in [5.41, 5.74) is 3.67. The van der Waals surface area contributed by atoms with Gasteiger partial charge in [-0.15, -0.1) is 0 Å². The molecule has 1 rings (SSSR count). The van der Waals surface area contributed by atoms with E-state index in [1.807, 2.05) is 32.9 Å². The highest BCUT2D eigenvalue weighted by Crippen LogP contribution is 2.19. The van der Waals surface area contributed by atoms with E-state index in [0.29, 0.717) is 16.6 Å². The first kappa shape index (κ1) is 12.8. The average molecular weight is 248 g/mol. The van der Waals surface area contributed by atoms with Gasteiger partial charge in [-0.2, -0.15) is 5.48 Å². The van der Waals surface area contributed by atoms with Gasteiger partial charge < -0.3 is 0 Å². The molecule has 0 spiro atoms. The van der Waals surface area contributed by atoms with Gasteiger partial charge in [-0.3, -0.25) is 4.84 Å². The maximum absolute atomic E-state index is 5.87. The van der Waals surface area contributed by atoms with Crippen LogP contribution in [0.4, 0.5) is 0 Å². The lowest BCUT2D eigenvalue weighted by molar-refractivity contribution is -0.0757. The van der Waals surface area contributed by atoms with Crippen LogP contribution in [0, 0.1) is 0 Å². The number of halogens is 2. The number of hydrogen-bond acceptors (Lipinski definition) is 2. The van der Waals surface area contributed by atoms with Gasteiger partial charge in [-0.1, -0.05) is 23.2 Å². The molecule has 0 unspecified atom stereocenters. The first-order valence-electron chi connectivity index (χ1n) is 4.73. The molecule has 15 heavy (non-hydrogen) atoms. The van der Waals surface area contributed by atoms with Crippen molar-refractivity contribution < 1.29 is 4.84 Å². The monoisotopic (exact) mass is 247 g/mol. The molecular weight excluding hydrogens is 233 g/mol. The quantitative estimate of drug-likeness (QED) is 0.821. The van der Waals surface area contributed by atoms with E-state index in [2.05, 4.69) is 5.48 Å². The summed E-state index contributed by atoms with van der Waals surface area (Å²) >= 11 is 11.7. The Morgan fingerprint density at radius 3 is 2.13 bits per heavy atom. The van der Waals surface area contributed by atoms with Crippen LogP contribution in [-0.4, -0.2) is 5.60 Å². The van der Waals surface area contributed by atoms with E-state index in [1.54, 1.807) is 6.07 Å². The van der Waals surface area contributed by atoms with Gasteiger partial charge in [0, 0.05) is 16.6 Å². The van der Waals surface area contributed by atoms with Crippen LogP contribution < -0.4 is 5.48 Å². The molecule has 0 aliphatic heterocycles. The van der Waals surface area contributed by atoms with Crippen LogP contribution in [0.2, 0.25) is 10.0 Å². The van der Waals surface area contributed by atoms with E-state index in [1.165, 1.54) is 0 Å². The summed E-state index contributed by atoms with van der Waals surface area (Å²) < 4.78 is 0. The standard InChI is InChI=1S/C11H15Cl2NO/c1-11(2,3)15-14-7-8-4-9(12)6-10(13)5-8/h4-6,14H,7H2,1-3H3. The smallest absolute Gasteiger partial charge is 0.0813 e. The second-order valence-electron chi connectivity index (χ2n) is 4.31. The Bertz CT molecular complexity index is 314. The van der Waals surface area contributed by atoms with Crippen LogP contribution in [0.3, 0.4) is 0 Å². The molecule has 0 atom stereocenters. The Hall–Kier alpha value is -0.280. The molecule has 0 aliphatic rings. The van der Waals surface area contributed by atoms with E-state index in [-0.39, 0.29) is 5.60 Å². The van der Waals surface area contributed by atoms with Crippen LogP contribution in [0.1, 0.15) is 26.3 Å². The zero-order valence-electron chi connectivity index (χ0n) is 9.10. The molecule has 0 fully saturated rings. The molecule has 0 aliphatic carbocycles. The number of nitrogens with one attached hydrogen (secondary N) is 1. The van der Waals surface area contributed by atoms with Gasteiger partial charge in [0.15, 0.2) is 0 Å². The van der Waals surface area contributed by atoms with Gasteiger partial charge in [0.2, 0.25) is 0 Å². The van der Waals surface area contributed by atoms with Crippen molar-refractivity contribution >= 4 is 23.2 Å². The number of rotatable bonds is 3. The fourth-order valence-electron chi connectivity index (χ4n) is 1.05. The zero-order valence-corrected chi connectivity index (χ0v) is 10.6. The molecule has 0 bridgehead atoms. The van der Waals surface area contributed by atoms with E-state index in [4.69, 9.17) is 28.0 Å². The molecule has 1 N–H and O–H groups in total. The predicted octanol–water partition coefficient (Wildman–Crippen LogP) is 3.81.